The van der Waals surface area contributed by atoms with Gasteiger partial charge >= 0.3 is 0 Å². The molecule has 0 aliphatic carbocycles. The number of nitrogens with one attached hydrogen (secondary N) is 1. The third kappa shape index (κ3) is 3.51. The molecule has 1 rings (SSSR count). The molecular weight excluding hydrogens is 182 g/mol. The molecule has 0 fully saturated rings. The largest absolute Gasteiger partial charge is 0.324 e. The van der Waals surface area contributed by atoms with Crippen molar-refractivity contribution < 1.29 is 4.79 Å². The number of allylic oxidation sites excluding steroid dienone is 2. The summed E-state index contributed by atoms with van der Waals surface area (Å²) in [7, 11) is 0. The highest BCUT2D eigenvalue weighted by Crippen LogP contribution is 2.23. The Bertz CT molecular complexity index is 243. The lowest BCUT2D eigenvalue weighted by Gasteiger charge is -2.15. The Hall–Kier alpha value is -0.960. The van der Waals surface area contributed by atoms with E-state index in [-0.39, 0.29) is 5.91 Å². The van der Waals surface area contributed by atoms with Crippen LogP contribution < -0.4 is 5.32 Å². The molecule has 1 aliphatic rings. The van der Waals surface area contributed by atoms with E-state index in [0.29, 0.717) is 5.75 Å². The second-order valence-corrected chi connectivity index (χ2v) is 3.04. The molecule has 72 valence electrons. The van der Waals surface area contributed by atoms with Crippen molar-refractivity contribution in [1.29, 1.82) is 0 Å². The van der Waals surface area contributed by atoms with Gasteiger partial charge in [-0.2, -0.15) is 0 Å². The molecule has 13 heavy (non-hydrogen) atoms. The van der Waals surface area contributed by atoms with Crippen LogP contribution in [0.5, 0.6) is 0 Å². The van der Waals surface area contributed by atoms with Crippen LogP contribution in [-0.4, -0.2) is 11.7 Å². The van der Waals surface area contributed by atoms with Crippen LogP contribution in [0, 0.1) is 0 Å². The normalized spacial score (nSPS) is 15.4. The van der Waals surface area contributed by atoms with Crippen LogP contribution in [0.25, 0.3) is 0 Å². The van der Waals surface area contributed by atoms with Crippen molar-refractivity contribution >= 4 is 17.7 Å². The molecule has 1 N–H and O–H groups in total. The summed E-state index contributed by atoms with van der Waals surface area (Å²) in [6.45, 7) is 11.2. The van der Waals surface area contributed by atoms with E-state index in [9.17, 15) is 4.79 Å². The fraction of sp³-hybridized carbons (Fsp3) is 0.300. The Morgan fingerprint density at radius 2 is 2.00 bits per heavy atom. The molecule has 0 atom stereocenters. The van der Waals surface area contributed by atoms with Gasteiger partial charge in [0.05, 0.1) is 11.4 Å². The van der Waals surface area contributed by atoms with E-state index in [1.807, 2.05) is 13.8 Å². The lowest BCUT2D eigenvalue weighted by atomic mass is 10.3. The van der Waals surface area contributed by atoms with Gasteiger partial charge in [-0.25, -0.2) is 0 Å². The van der Waals surface area contributed by atoms with Gasteiger partial charge in [0.2, 0.25) is 5.91 Å². The average molecular weight is 197 g/mol. The zero-order chi connectivity index (χ0) is 10.3. The first-order chi connectivity index (χ1) is 6.27. The van der Waals surface area contributed by atoms with E-state index in [2.05, 4.69) is 18.5 Å². The first kappa shape index (κ1) is 12.0. The van der Waals surface area contributed by atoms with Crippen molar-refractivity contribution in [2.24, 2.45) is 0 Å². The standard InChI is InChI=1S/C8H9NOS.C2H6/c1-3-6-7(4-2)11-5-8(10)9-6;1-2/h3-4H,1-2,5H2,(H,9,10);1-2H3. The van der Waals surface area contributed by atoms with E-state index in [0.717, 1.165) is 10.6 Å². The van der Waals surface area contributed by atoms with Gasteiger partial charge in [0.1, 0.15) is 0 Å². The maximum absolute atomic E-state index is 10.8. The number of rotatable bonds is 2. The van der Waals surface area contributed by atoms with Crippen LogP contribution in [0.1, 0.15) is 13.8 Å². The molecule has 1 amide bonds. The van der Waals surface area contributed by atoms with E-state index in [4.69, 9.17) is 0 Å². The molecule has 0 saturated carbocycles. The van der Waals surface area contributed by atoms with Crippen molar-refractivity contribution in [1.82, 2.24) is 5.32 Å². The first-order valence-corrected chi connectivity index (χ1v) is 5.18. The molecule has 0 radical (unpaired) electrons. The molecule has 0 aromatic rings. The lowest BCUT2D eigenvalue weighted by Crippen LogP contribution is -2.27. The van der Waals surface area contributed by atoms with Crippen LogP contribution in [0.3, 0.4) is 0 Å². The molecule has 2 nitrogen and oxygen atoms in total. The summed E-state index contributed by atoms with van der Waals surface area (Å²) in [6.07, 6.45) is 3.35. The summed E-state index contributed by atoms with van der Waals surface area (Å²) in [5, 5.41) is 2.70. The zero-order valence-corrected chi connectivity index (χ0v) is 8.91. The van der Waals surface area contributed by atoms with Gasteiger partial charge in [-0.15, -0.1) is 11.8 Å². The van der Waals surface area contributed by atoms with Gasteiger partial charge in [0, 0.05) is 4.91 Å². The predicted molar refractivity (Wildman–Crippen MR) is 59.4 cm³/mol. The fourth-order valence-corrected chi connectivity index (χ4v) is 1.56. The van der Waals surface area contributed by atoms with Crippen LogP contribution in [0.15, 0.2) is 35.9 Å². The van der Waals surface area contributed by atoms with E-state index >= 15 is 0 Å². The second kappa shape index (κ2) is 6.54. The Morgan fingerprint density at radius 1 is 1.38 bits per heavy atom. The molecule has 1 aliphatic heterocycles. The van der Waals surface area contributed by atoms with Gasteiger partial charge in [0.25, 0.3) is 0 Å². The van der Waals surface area contributed by atoms with Gasteiger partial charge in [0.15, 0.2) is 0 Å². The van der Waals surface area contributed by atoms with E-state index < -0.39 is 0 Å². The van der Waals surface area contributed by atoms with Crippen molar-refractivity contribution in [2.45, 2.75) is 13.8 Å². The van der Waals surface area contributed by atoms with E-state index in [1.54, 1.807) is 12.2 Å². The molecule has 1 heterocycles. The summed E-state index contributed by atoms with van der Waals surface area (Å²) >= 11 is 1.48. The minimum absolute atomic E-state index is 0.0236. The van der Waals surface area contributed by atoms with Crippen molar-refractivity contribution in [3.8, 4) is 0 Å². The monoisotopic (exact) mass is 197 g/mol. The van der Waals surface area contributed by atoms with Crippen molar-refractivity contribution in [3.05, 3.63) is 35.9 Å². The number of carbonyl (C=O) groups is 1. The number of carbonyl (C=O) groups excluding carboxylic acids is 1. The third-order valence-electron chi connectivity index (χ3n) is 1.29. The minimum Gasteiger partial charge on any atom is -0.324 e. The smallest absolute Gasteiger partial charge is 0.234 e. The summed E-state index contributed by atoms with van der Waals surface area (Å²) in [4.78, 5) is 11.8. The molecule has 0 aromatic carbocycles. The number of hydrogen-bond acceptors (Lipinski definition) is 2. The quantitative estimate of drug-likeness (QED) is 0.736. The van der Waals surface area contributed by atoms with Crippen molar-refractivity contribution in [3.63, 3.8) is 0 Å². The van der Waals surface area contributed by atoms with Gasteiger partial charge in [-0.3, -0.25) is 4.79 Å². The molecule has 0 unspecified atom stereocenters. The number of amides is 1. The van der Waals surface area contributed by atoms with Crippen LogP contribution in [0.4, 0.5) is 0 Å². The molecule has 0 spiro atoms. The lowest BCUT2D eigenvalue weighted by molar-refractivity contribution is -0.117. The first-order valence-electron chi connectivity index (χ1n) is 4.19. The molecule has 0 bridgehead atoms. The molecule has 3 heteroatoms. The topological polar surface area (TPSA) is 29.1 Å². The van der Waals surface area contributed by atoms with Crippen molar-refractivity contribution in [2.75, 3.05) is 5.75 Å². The molecular formula is C10H15NOS. The maximum Gasteiger partial charge on any atom is 0.234 e. The highest BCUT2D eigenvalue weighted by atomic mass is 32.2. The highest BCUT2D eigenvalue weighted by molar-refractivity contribution is 8.04. The minimum atomic E-state index is 0.0236. The van der Waals surface area contributed by atoms with Gasteiger partial charge < -0.3 is 5.32 Å². The van der Waals surface area contributed by atoms with Crippen LogP contribution in [-0.2, 0) is 4.79 Å². The number of hydrogen-bond donors (Lipinski definition) is 1. The Kier molecular flexibility index (Phi) is 6.06. The number of thioether (sulfide) groups is 1. The van der Waals surface area contributed by atoms with Gasteiger partial charge in [-0.05, 0) is 6.08 Å². The van der Waals surface area contributed by atoms with Crippen LogP contribution >= 0.6 is 11.8 Å². The Labute approximate surface area is 83.8 Å². The Morgan fingerprint density at radius 3 is 2.46 bits per heavy atom. The zero-order valence-electron chi connectivity index (χ0n) is 8.09. The summed E-state index contributed by atoms with van der Waals surface area (Å²) in [6, 6.07) is 0. The average Bonchev–Trinajstić information content (AvgIpc) is 2.20. The van der Waals surface area contributed by atoms with Gasteiger partial charge in [-0.1, -0.05) is 33.1 Å². The summed E-state index contributed by atoms with van der Waals surface area (Å²) in [5.74, 6) is 0.495. The fourth-order valence-electron chi connectivity index (χ4n) is 0.789. The second-order valence-electron chi connectivity index (χ2n) is 2.02. The maximum atomic E-state index is 10.8. The Balaban J connectivity index is 0.000000671. The summed E-state index contributed by atoms with van der Waals surface area (Å²) in [5.41, 5.74) is 0.765. The summed E-state index contributed by atoms with van der Waals surface area (Å²) < 4.78 is 0. The molecule has 0 aromatic heterocycles. The van der Waals surface area contributed by atoms with E-state index in [1.165, 1.54) is 11.8 Å². The molecule has 0 saturated heterocycles. The highest BCUT2D eigenvalue weighted by Gasteiger charge is 2.13. The van der Waals surface area contributed by atoms with Crippen LogP contribution in [0.2, 0.25) is 0 Å². The predicted octanol–water partition coefficient (Wildman–Crippen LogP) is 2.46. The SMILES string of the molecule is C=CC1=C(C=C)SCC(=O)N1.CC. The third-order valence-corrected chi connectivity index (χ3v) is 2.39.